The Balaban J connectivity index is 2.80. The van der Waals surface area contributed by atoms with Crippen LogP contribution in [-0.2, 0) is 9.59 Å². The molecule has 2 atom stereocenters. The quantitative estimate of drug-likeness (QED) is 0.696. The van der Waals surface area contributed by atoms with Crippen molar-refractivity contribution in [2.45, 2.75) is 31.6 Å². The van der Waals surface area contributed by atoms with Gasteiger partial charge in [0.05, 0.1) is 11.8 Å². The van der Waals surface area contributed by atoms with Crippen molar-refractivity contribution in [2.75, 3.05) is 0 Å². The molecule has 2 N–H and O–H groups in total. The van der Waals surface area contributed by atoms with Gasteiger partial charge in [0, 0.05) is 12.8 Å². The smallest absolute Gasteiger partial charge is 0.306 e. The minimum absolute atomic E-state index is 0.161. The van der Waals surface area contributed by atoms with Gasteiger partial charge in [0.15, 0.2) is 0 Å². The number of aliphatic carboxylic acids is 2. The van der Waals surface area contributed by atoms with Crippen LogP contribution in [0.3, 0.4) is 0 Å². The van der Waals surface area contributed by atoms with E-state index in [0.29, 0.717) is 0 Å². The molecule has 4 nitrogen and oxygen atoms in total. The lowest BCUT2D eigenvalue weighted by molar-refractivity contribution is -0.146. The number of carboxylic acid groups (broad SMARTS) is 2. The summed E-state index contributed by atoms with van der Waals surface area (Å²) < 4.78 is 26.1. The van der Waals surface area contributed by atoms with Gasteiger partial charge in [-0.15, -0.1) is 0 Å². The topological polar surface area (TPSA) is 74.6 Å². The van der Waals surface area contributed by atoms with Crippen LogP contribution in [0.1, 0.15) is 25.7 Å². The lowest BCUT2D eigenvalue weighted by Gasteiger charge is -2.15. The molecule has 0 aromatic heterocycles. The molecule has 0 amide bonds. The van der Waals surface area contributed by atoms with Gasteiger partial charge < -0.3 is 10.2 Å². The molecule has 0 heterocycles. The first kappa shape index (κ1) is 11.9. The SMILES string of the molecule is O=C(O)[C@@H]1CCC(F)(F)C[C@H](C(=O)O)C1. The molecular formula is C9H12F2O4. The number of halogens is 2. The molecule has 0 saturated heterocycles. The van der Waals surface area contributed by atoms with Crippen LogP contribution in [0.15, 0.2) is 0 Å². The van der Waals surface area contributed by atoms with Crippen molar-refractivity contribution in [3.63, 3.8) is 0 Å². The third kappa shape index (κ3) is 3.14. The molecule has 0 aliphatic heterocycles. The van der Waals surface area contributed by atoms with Gasteiger partial charge >= 0.3 is 11.9 Å². The maximum absolute atomic E-state index is 13.1. The molecule has 1 fully saturated rings. The molecule has 86 valence electrons. The molecule has 1 aliphatic rings. The van der Waals surface area contributed by atoms with Gasteiger partial charge in [-0.25, -0.2) is 8.78 Å². The second-order valence-electron chi connectivity index (χ2n) is 3.90. The van der Waals surface area contributed by atoms with Gasteiger partial charge in [-0.2, -0.15) is 0 Å². The zero-order valence-corrected chi connectivity index (χ0v) is 7.95. The second-order valence-corrected chi connectivity index (χ2v) is 3.90. The van der Waals surface area contributed by atoms with Gasteiger partial charge in [-0.05, 0) is 12.8 Å². The van der Waals surface area contributed by atoms with E-state index >= 15 is 0 Å². The predicted octanol–water partition coefficient (Wildman–Crippen LogP) is 1.60. The summed E-state index contributed by atoms with van der Waals surface area (Å²) in [6, 6.07) is 0. The summed E-state index contributed by atoms with van der Waals surface area (Å²) in [6.07, 6.45) is -1.67. The molecule has 0 spiro atoms. The van der Waals surface area contributed by atoms with Crippen molar-refractivity contribution in [1.29, 1.82) is 0 Å². The molecule has 1 aliphatic carbocycles. The predicted molar refractivity (Wildman–Crippen MR) is 45.7 cm³/mol. The molecule has 0 bridgehead atoms. The first-order chi connectivity index (χ1) is 6.82. The minimum Gasteiger partial charge on any atom is -0.481 e. The summed E-state index contributed by atoms with van der Waals surface area (Å²) in [5.74, 6) is -7.84. The van der Waals surface area contributed by atoms with Gasteiger partial charge in [-0.1, -0.05) is 0 Å². The Kier molecular flexibility index (Phi) is 3.26. The summed E-state index contributed by atoms with van der Waals surface area (Å²) in [7, 11) is 0. The van der Waals surface area contributed by atoms with Crippen LogP contribution < -0.4 is 0 Å². The zero-order chi connectivity index (χ0) is 11.6. The fraction of sp³-hybridized carbons (Fsp3) is 0.778. The fourth-order valence-electron chi connectivity index (χ4n) is 1.81. The van der Waals surface area contributed by atoms with E-state index in [9.17, 15) is 18.4 Å². The summed E-state index contributed by atoms with van der Waals surface area (Å²) >= 11 is 0. The molecule has 15 heavy (non-hydrogen) atoms. The monoisotopic (exact) mass is 222 g/mol. The number of carbonyl (C=O) groups is 2. The third-order valence-electron chi connectivity index (χ3n) is 2.67. The minimum atomic E-state index is -3.06. The Morgan fingerprint density at radius 2 is 1.67 bits per heavy atom. The van der Waals surface area contributed by atoms with Crippen LogP contribution in [0.2, 0.25) is 0 Å². The van der Waals surface area contributed by atoms with Crippen LogP contribution in [0.5, 0.6) is 0 Å². The first-order valence-corrected chi connectivity index (χ1v) is 4.65. The number of hydrogen-bond acceptors (Lipinski definition) is 2. The summed E-state index contributed by atoms with van der Waals surface area (Å²) in [5, 5.41) is 17.4. The average molecular weight is 222 g/mol. The third-order valence-corrected chi connectivity index (χ3v) is 2.67. The molecule has 1 saturated carbocycles. The van der Waals surface area contributed by atoms with E-state index in [0.717, 1.165) is 0 Å². The first-order valence-electron chi connectivity index (χ1n) is 4.65. The molecule has 0 aromatic rings. The van der Waals surface area contributed by atoms with Crippen molar-refractivity contribution in [3.05, 3.63) is 0 Å². The van der Waals surface area contributed by atoms with Crippen molar-refractivity contribution in [1.82, 2.24) is 0 Å². The maximum atomic E-state index is 13.1. The van der Waals surface area contributed by atoms with Crippen molar-refractivity contribution in [2.24, 2.45) is 11.8 Å². The van der Waals surface area contributed by atoms with Crippen molar-refractivity contribution in [3.8, 4) is 0 Å². The zero-order valence-electron chi connectivity index (χ0n) is 7.95. The molecule has 0 aromatic carbocycles. The second kappa shape index (κ2) is 4.12. The van der Waals surface area contributed by atoms with Gasteiger partial charge in [-0.3, -0.25) is 9.59 Å². The van der Waals surface area contributed by atoms with E-state index in [-0.39, 0.29) is 12.8 Å². The van der Waals surface area contributed by atoms with Crippen LogP contribution in [0, 0.1) is 11.8 Å². The number of hydrogen-bond donors (Lipinski definition) is 2. The van der Waals surface area contributed by atoms with E-state index < -0.39 is 42.5 Å². The number of carboxylic acids is 2. The van der Waals surface area contributed by atoms with Crippen molar-refractivity contribution < 1.29 is 28.6 Å². The largest absolute Gasteiger partial charge is 0.481 e. The van der Waals surface area contributed by atoms with Gasteiger partial charge in [0.2, 0.25) is 5.92 Å². The summed E-state index contributed by atoms with van der Waals surface area (Å²) in [6.45, 7) is 0. The van der Waals surface area contributed by atoms with Crippen LogP contribution >= 0.6 is 0 Å². The Bertz CT molecular complexity index is 277. The van der Waals surface area contributed by atoms with Crippen LogP contribution in [-0.4, -0.2) is 28.1 Å². The highest BCUT2D eigenvalue weighted by Crippen LogP contribution is 2.37. The van der Waals surface area contributed by atoms with E-state index in [2.05, 4.69) is 0 Å². The molecule has 1 rings (SSSR count). The number of rotatable bonds is 2. The molecule has 0 unspecified atom stereocenters. The molecule has 0 radical (unpaired) electrons. The van der Waals surface area contributed by atoms with Gasteiger partial charge in [0.25, 0.3) is 0 Å². The Morgan fingerprint density at radius 1 is 1.13 bits per heavy atom. The van der Waals surface area contributed by atoms with Crippen LogP contribution in [0.4, 0.5) is 8.78 Å². The van der Waals surface area contributed by atoms with E-state index in [1.54, 1.807) is 0 Å². The van der Waals surface area contributed by atoms with Gasteiger partial charge in [0.1, 0.15) is 0 Å². The van der Waals surface area contributed by atoms with E-state index in [4.69, 9.17) is 10.2 Å². The Hall–Kier alpha value is -1.20. The summed E-state index contributed by atoms with van der Waals surface area (Å²) in [5.41, 5.74) is 0. The normalized spacial score (nSPS) is 30.5. The standard InChI is InChI=1S/C9H12F2O4/c10-9(11)2-1-5(7(12)13)3-6(4-9)8(14)15/h5-6H,1-4H2,(H,12,13)(H,14,15)/t5-,6-/m1/s1. The Labute approximate surface area is 84.9 Å². The summed E-state index contributed by atoms with van der Waals surface area (Å²) in [4.78, 5) is 21.3. The lowest BCUT2D eigenvalue weighted by Crippen LogP contribution is -2.24. The number of alkyl halides is 2. The average Bonchev–Trinajstić information content (AvgIpc) is 2.23. The van der Waals surface area contributed by atoms with E-state index in [1.807, 2.05) is 0 Å². The van der Waals surface area contributed by atoms with Crippen LogP contribution in [0.25, 0.3) is 0 Å². The Morgan fingerprint density at radius 3 is 2.13 bits per heavy atom. The highest BCUT2D eigenvalue weighted by atomic mass is 19.3. The lowest BCUT2D eigenvalue weighted by atomic mass is 9.93. The highest BCUT2D eigenvalue weighted by Gasteiger charge is 2.41. The highest BCUT2D eigenvalue weighted by molar-refractivity contribution is 5.74. The molecular weight excluding hydrogens is 210 g/mol. The van der Waals surface area contributed by atoms with Crippen molar-refractivity contribution >= 4 is 11.9 Å². The maximum Gasteiger partial charge on any atom is 0.306 e. The molecule has 6 heteroatoms. The van der Waals surface area contributed by atoms with E-state index in [1.165, 1.54) is 0 Å². The fourth-order valence-corrected chi connectivity index (χ4v) is 1.81.